The Morgan fingerprint density at radius 3 is 2.08 bits per heavy atom. The molecule has 0 aliphatic heterocycles. The Morgan fingerprint density at radius 1 is 0.833 bits per heavy atom. The van der Waals surface area contributed by atoms with Crippen molar-refractivity contribution in [2.24, 2.45) is 5.92 Å². The summed E-state index contributed by atoms with van der Waals surface area (Å²) in [7, 11) is 0. The summed E-state index contributed by atoms with van der Waals surface area (Å²) in [5.41, 5.74) is 4.13. The highest BCUT2D eigenvalue weighted by molar-refractivity contribution is 5.91. The van der Waals surface area contributed by atoms with Gasteiger partial charge in [-0.05, 0) is 91.1 Å². The number of esters is 1. The highest BCUT2D eigenvalue weighted by Gasteiger charge is 2.10. The van der Waals surface area contributed by atoms with Crippen LogP contribution in [0.15, 0.2) is 85.5 Å². The highest BCUT2D eigenvalue weighted by Crippen LogP contribution is 2.23. The molecule has 3 aromatic carbocycles. The van der Waals surface area contributed by atoms with E-state index in [-0.39, 0.29) is 5.97 Å². The predicted octanol–water partition coefficient (Wildman–Crippen LogP) is 9.07. The fourth-order valence-corrected chi connectivity index (χ4v) is 3.98. The van der Waals surface area contributed by atoms with Gasteiger partial charge in [0.25, 0.3) is 0 Å². The van der Waals surface area contributed by atoms with Gasteiger partial charge in [-0.1, -0.05) is 75.6 Å². The zero-order valence-corrected chi connectivity index (χ0v) is 21.9. The van der Waals surface area contributed by atoms with Gasteiger partial charge >= 0.3 is 5.97 Å². The molecular formula is C33H40O3. The molecule has 190 valence electrons. The molecule has 0 saturated heterocycles. The Labute approximate surface area is 217 Å². The molecule has 0 unspecified atom stereocenters. The van der Waals surface area contributed by atoms with Crippen LogP contribution < -0.4 is 9.47 Å². The Morgan fingerprint density at radius 2 is 1.44 bits per heavy atom. The number of unbranched alkanes of at least 4 members (excludes halogenated alkanes) is 4. The van der Waals surface area contributed by atoms with Crippen LogP contribution in [-0.4, -0.2) is 12.6 Å². The van der Waals surface area contributed by atoms with Gasteiger partial charge in [0.15, 0.2) is 0 Å². The lowest BCUT2D eigenvalue weighted by atomic mass is 9.97. The minimum atomic E-state index is -0.366. The number of hydrogen-bond acceptors (Lipinski definition) is 3. The third kappa shape index (κ3) is 9.03. The fraction of sp³-hybridized carbons (Fsp3) is 0.364. The zero-order valence-electron chi connectivity index (χ0n) is 21.9. The largest absolute Gasteiger partial charge is 0.494 e. The van der Waals surface area contributed by atoms with Crippen LogP contribution in [0.1, 0.15) is 74.7 Å². The van der Waals surface area contributed by atoms with Gasteiger partial charge in [-0.25, -0.2) is 4.79 Å². The molecular weight excluding hydrogens is 444 g/mol. The van der Waals surface area contributed by atoms with E-state index in [1.165, 1.54) is 31.2 Å². The van der Waals surface area contributed by atoms with E-state index in [1.807, 2.05) is 42.5 Å². The molecule has 0 fully saturated rings. The molecule has 0 radical (unpaired) electrons. The highest BCUT2D eigenvalue weighted by atomic mass is 16.5. The molecule has 0 bridgehead atoms. The third-order valence-corrected chi connectivity index (χ3v) is 6.64. The minimum Gasteiger partial charge on any atom is -0.494 e. The number of carbonyl (C=O) groups is 1. The summed E-state index contributed by atoms with van der Waals surface area (Å²) in [6, 6.07) is 23.5. The molecule has 0 spiro atoms. The molecule has 1 atom stereocenters. The van der Waals surface area contributed by atoms with Crippen LogP contribution >= 0.6 is 0 Å². The van der Waals surface area contributed by atoms with Crippen molar-refractivity contribution in [2.45, 2.75) is 65.2 Å². The molecule has 36 heavy (non-hydrogen) atoms. The Balaban J connectivity index is 1.46. The van der Waals surface area contributed by atoms with E-state index in [0.717, 1.165) is 48.5 Å². The summed E-state index contributed by atoms with van der Waals surface area (Å²) in [5.74, 6) is 1.69. The second-order valence-electron chi connectivity index (χ2n) is 9.53. The number of benzene rings is 3. The van der Waals surface area contributed by atoms with Crippen LogP contribution in [0, 0.1) is 5.92 Å². The number of rotatable bonds is 15. The van der Waals surface area contributed by atoms with E-state index in [2.05, 4.69) is 44.7 Å². The van der Waals surface area contributed by atoms with E-state index in [4.69, 9.17) is 9.47 Å². The molecule has 3 rings (SSSR count). The van der Waals surface area contributed by atoms with E-state index in [9.17, 15) is 4.79 Å². The molecule has 0 aliphatic rings. The monoisotopic (exact) mass is 484 g/mol. The van der Waals surface area contributed by atoms with Crippen LogP contribution in [0.2, 0.25) is 0 Å². The summed E-state index contributed by atoms with van der Waals surface area (Å²) in [6.45, 7) is 8.99. The molecule has 0 heterocycles. The zero-order chi connectivity index (χ0) is 25.6. The maximum absolute atomic E-state index is 12.6. The summed E-state index contributed by atoms with van der Waals surface area (Å²) >= 11 is 0. The summed E-state index contributed by atoms with van der Waals surface area (Å²) in [5, 5.41) is 0. The summed E-state index contributed by atoms with van der Waals surface area (Å²) in [4.78, 5) is 12.6. The smallest absolute Gasteiger partial charge is 0.343 e. The van der Waals surface area contributed by atoms with Gasteiger partial charge in [0, 0.05) is 0 Å². The topological polar surface area (TPSA) is 35.5 Å². The lowest BCUT2D eigenvalue weighted by Gasteiger charge is -2.09. The maximum atomic E-state index is 12.6. The van der Waals surface area contributed by atoms with E-state index < -0.39 is 0 Å². The van der Waals surface area contributed by atoms with E-state index in [0.29, 0.717) is 17.9 Å². The van der Waals surface area contributed by atoms with Crippen LogP contribution in [-0.2, 0) is 6.42 Å². The van der Waals surface area contributed by atoms with Crippen LogP contribution in [0.25, 0.3) is 11.1 Å². The molecule has 0 saturated carbocycles. The van der Waals surface area contributed by atoms with E-state index >= 15 is 0 Å². The van der Waals surface area contributed by atoms with Gasteiger partial charge < -0.3 is 9.47 Å². The second kappa shape index (κ2) is 14.9. The molecule has 3 heteroatoms. The predicted molar refractivity (Wildman–Crippen MR) is 150 cm³/mol. The van der Waals surface area contributed by atoms with Crippen molar-refractivity contribution >= 4 is 5.97 Å². The number of aryl methyl sites for hydroxylation is 1. The van der Waals surface area contributed by atoms with Crippen LogP contribution in [0.5, 0.6) is 11.5 Å². The lowest BCUT2D eigenvalue weighted by Crippen LogP contribution is -2.08. The first-order valence-electron chi connectivity index (χ1n) is 13.3. The average Bonchev–Trinajstić information content (AvgIpc) is 2.92. The number of hydrogen-bond donors (Lipinski definition) is 0. The number of ether oxygens (including phenoxy) is 2. The lowest BCUT2D eigenvalue weighted by molar-refractivity contribution is 0.0734. The quantitative estimate of drug-likeness (QED) is 0.0934. The van der Waals surface area contributed by atoms with E-state index in [1.54, 1.807) is 12.1 Å². The van der Waals surface area contributed by atoms with Crippen LogP contribution in [0.3, 0.4) is 0 Å². The van der Waals surface area contributed by atoms with Crippen molar-refractivity contribution in [3.63, 3.8) is 0 Å². The summed E-state index contributed by atoms with van der Waals surface area (Å²) < 4.78 is 11.3. The van der Waals surface area contributed by atoms with Crippen molar-refractivity contribution in [2.75, 3.05) is 6.61 Å². The molecule has 0 aromatic heterocycles. The molecule has 3 aromatic rings. The van der Waals surface area contributed by atoms with Gasteiger partial charge in [-0.2, -0.15) is 0 Å². The second-order valence-corrected chi connectivity index (χ2v) is 9.53. The molecule has 0 aliphatic carbocycles. The van der Waals surface area contributed by atoms with Gasteiger partial charge in [-0.3, -0.25) is 0 Å². The standard InChI is InChI=1S/C33H40O3/c1-4-6-7-8-9-10-25-35-31-21-23-32(24-22-31)36-33(34)30-19-17-29(18-20-30)28-15-13-27(14-16-28)12-11-26(3)5-2/h4,13-24,26H,1,5-12,25H2,2-3H3/t26-/m0/s1. The Hall–Kier alpha value is -3.33. The van der Waals surface area contributed by atoms with Gasteiger partial charge in [0.2, 0.25) is 0 Å². The van der Waals surface area contributed by atoms with Gasteiger partial charge in [0.05, 0.1) is 12.2 Å². The minimum absolute atomic E-state index is 0.366. The first-order chi connectivity index (χ1) is 17.6. The average molecular weight is 485 g/mol. The Kier molecular flexibility index (Phi) is 11.3. The summed E-state index contributed by atoms with van der Waals surface area (Å²) in [6.07, 6.45) is 11.2. The fourth-order valence-electron chi connectivity index (χ4n) is 3.98. The normalized spacial score (nSPS) is 11.6. The third-order valence-electron chi connectivity index (χ3n) is 6.64. The SMILES string of the molecule is C=CCCCCCCOc1ccc(OC(=O)c2ccc(-c3ccc(CC[C@@H](C)CC)cc3)cc2)cc1. The first kappa shape index (κ1) is 27.3. The van der Waals surface area contributed by atoms with Gasteiger partial charge in [0.1, 0.15) is 11.5 Å². The molecule has 0 amide bonds. The molecule has 0 N–H and O–H groups in total. The number of carbonyl (C=O) groups excluding carboxylic acids is 1. The molecule has 3 nitrogen and oxygen atoms in total. The van der Waals surface area contributed by atoms with Crippen molar-refractivity contribution in [3.8, 4) is 22.6 Å². The van der Waals surface area contributed by atoms with Gasteiger partial charge in [-0.15, -0.1) is 6.58 Å². The van der Waals surface area contributed by atoms with Crippen molar-refractivity contribution in [1.82, 2.24) is 0 Å². The number of allylic oxidation sites excluding steroid dienone is 1. The van der Waals surface area contributed by atoms with Crippen molar-refractivity contribution < 1.29 is 14.3 Å². The first-order valence-corrected chi connectivity index (χ1v) is 13.3. The van der Waals surface area contributed by atoms with Crippen LogP contribution in [0.4, 0.5) is 0 Å². The maximum Gasteiger partial charge on any atom is 0.343 e. The van der Waals surface area contributed by atoms with Crippen molar-refractivity contribution in [3.05, 3.63) is 96.6 Å². The van der Waals surface area contributed by atoms with Crippen molar-refractivity contribution in [1.29, 1.82) is 0 Å². The Bertz CT molecular complexity index is 1050.